The Hall–Kier alpha value is -3.82. The molecule has 10 nitrogen and oxygen atoms in total. The average Bonchev–Trinajstić information content (AvgIpc) is 3.19. The Morgan fingerprint density at radius 2 is 2.15 bits per heavy atom. The summed E-state index contributed by atoms with van der Waals surface area (Å²) >= 11 is 0. The fraction of sp³-hybridized carbons (Fsp3) is 0.125. The Morgan fingerprint density at radius 1 is 1.31 bits per heavy atom. The third kappa shape index (κ3) is 2.62. The number of carbonyl (C=O) groups is 1. The molecular weight excluding hydrogens is 336 g/mol. The molecule has 1 amide bonds. The van der Waals surface area contributed by atoms with Crippen molar-refractivity contribution >= 4 is 22.8 Å². The molecule has 2 N–H and O–H groups in total. The molecule has 4 rings (SSSR count). The maximum absolute atomic E-state index is 12.4. The number of H-pyrrole nitrogens is 1. The van der Waals surface area contributed by atoms with Crippen LogP contribution in [0.5, 0.6) is 0 Å². The molecule has 0 aliphatic heterocycles. The Labute approximate surface area is 146 Å². The van der Waals surface area contributed by atoms with Crippen molar-refractivity contribution in [1.82, 2.24) is 34.5 Å². The van der Waals surface area contributed by atoms with Crippen LogP contribution >= 0.6 is 0 Å². The summed E-state index contributed by atoms with van der Waals surface area (Å²) in [5, 5.41) is 11.5. The van der Waals surface area contributed by atoms with Gasteiger partial charge in [-0.25, -0.2) is 0 Å². The number of amides is 1. The van der Waals surface area contributed by atoms with Gasteiger partial charge >= 0.3 is 0 Å². The molecule has 0 bridgehead atoms. The lowest BCUT2D eigenvalue weighted by molar-refractivity contribution is 0.102. The summed E-state index contributed by atoms with van der Waals surface area (Å²) in [5.74, 6) is 0.213. The van der Waals surface area contributed by atoms with Gasteiger partial charge < -0.3 is 5.32 Å². The lowest BCUT2D eigenvalue weighted by Crippen LogP contribution is -2.19. The number of pyridine rings is 1. The number of hydrogen-bond acceptors (Lipinski definition) is 6. The second kappa shape index (κ2) is 5.92. The summed E-state index contributed by atoms with van der Waals surface area (Å²) in [6, 6.07) is 5.01. The van der Waals surface area contributed by atoms with E-state index in [1.807, 2.05) is 0 Å². The van der Waals surface area contributed by atoms with Crippen molar-refractivity contribution in [3.63, 3.8) is 0 Å². The molecule has 0 aliphatic rings. The molecule has 4 heterocycles. The van der Waals surface area contributed by atoms with Gasteiger partial charge in [-0.15, -0.1) is 0 Å². The zero-order valence-electron chi connectivity index (χ0n) is 14.0. The quantitative estimate of drug-likeness (QED) is 0.563. The lowest BCUT2D eigenvalue weighted by Gasteiger charge is -2.08. The number of nitrogens with zero attached hydrogens (tertiary/aromatic N) is 6. The molecule has 0 aliphatic carbocycles. The predicted molar refractivity (Wildman–Crippen MR) is 93.2 cm³/mol. The van der Waals surface area contributed by atoms with Gasteiger partial charge in [0, 0.05) is 25.5 Å². The number of rotatable bonds is 3. The highest BCUT2D eigenvalue weighted by Crippen LogP contribution is 2.16. The summed E-state index contributed by atoms with van der Waals surface area (Å²) in [4.78, 5) is 35.7. The normalized spacial score (nSPS) is 11.0. The van der Waals surface area contributed by atoms with E-state index in [0.717, 1.165) is 0 Å². The van der Waals surface area contributed by atoms with Gasteiger partial charge in [-0.05, 0) is 19.1 Å². The number of carbonyl (C=O) groups excluding carboxylic acids is 1. The van der Waals surface area contributed by atoms with Crippen LogP contribution in [0.4, 0.5) is 5.82 Å². The molecule has 0 radical (unpaired) electrons. The third-order valence-corrected chi connectivity index (χ3v) is 3.79. The van der Waals surface area contributed by atoms with E-state index in [1.165, 1.54) is 21.8 Å². The van der Waals surface area contributed by atoms with Crippen LogP contribution in [0.3, 0.4) is 0 Å². The van der Waals surface area contributed by atoms with Crippen LogP contribution in [-0.4, -0.2) is 40.4 Å². The zero-order valence-corrected chi connectivity index (χ0v) is 14.0. The largest absolute Gasteiger partial charge is 0.306 e. The van der Waals surface area contributed by atoms with Crippen molar-refractivity contribution in [3.05, 3.63) is 58.4 Å². The molecule has 26 heavy (non-hydrogen) atoms. The number of aromatic nitrogens is 7. The molecule has 0 fully saturated rings. The second-order valence-corrected chi connectivity index (χ2v) is 5.67. The van der Waals surface area contributed by atoms with E-state index in [0.29, 0.717) is 28.1 Å². The van der Waals surface area contributed by atoms with Gasteiger partial charge in [-0.1, -0.05) is 0 Å². The third-order valence-electron chi connectivity index (χ3n) is 3.79. The highest BCUT2D eigenvalue weighted by Gasteiger charge is 2.16. The SMILES string of the molecule is Cc1cc(NC(=O)c2cccnc2)n(-c2nc3c(cnn3C)c(=O)[nH]2)n1. The number of aryl methyl sites for hydroxylation is 2. The highest BCUT2D eigenvalue weighted by atomic mass is 16.2. The first-order valence-electron chi connectivity index (χ1n) is 7.73. The standard InChI is InChI=1S/C16H14N8O2/c1-9-6-12(19-14(25)10-4-3-5-17-7-10)24(22-9)16-20-13-11(15(26)21-16)8-18-23(13)2/h3-8H,1-2H3,(H,19,25)(H,20,21,26). The molecule has 0 saturated carbocycles. The molecular formula is C16H14N8O2. The monoisotopic (exact) mass is 350 g/mol. The maximum atomic E-state index is 12.4. The smallest absolute Gasteiger partial charge is 0.263 e. The van der Waals surface area contributed by atoms with Crippen LogP contribution in [0.1, 0.15) is 16.1 Å². The average molecular weight is 350 g/mol. The molecule has 0 atom stereocenters. The Morgan fingerprint density at radius 3 is 2.92 bits per heavy atom. The van der Waals surface area contributed by atoms with Crippen LogP contribution in [0.15, 0.2) is 41.6 Å². The highest BCUT2D eigenvalue weighted by molar-refractivity contribution is 6.03. The Balaban J connectivity index is 1.78. The molecule has 130 valence electrons. The molecule has 0 spiro atoms. The van der Waals surface area contributed by atoms with Crippen LogP contribution in [0.2, 0.25) is 0 Å². The number of anilines is 1. The summed E-state index contributed by atoms with van der Waals surface area (Å²) < 4.78 is 2.87. The lowest BCUT2D eigenvalue weighted by atomic mass is 10.3. The van der Waals surface area contributed by atoms with Crippen molar-refractivity contribution in [3.8, 4) is 5.95 Å². The number of hydrogen-bond donors (Lipinski definition) is 2. The first-order chi connectivity index (χ1) is 12.5. The van der Waals surface area contributed by atoms with E-state index in [4.69, 9.17) is 0 Å². The number of nitrogens with one attached hydrogen (secondary N) is 2. The van der Waals surface area contributed by atoms with Crippen LogP contribution in [-0.2, 0) is 7.05 Å². The minimum absolute atomic E-state index is 0.181. The van der Waals surface area contributed by atoms with E-state index in [9.17, 15) is 9.59 Å². The van der Waals surface area contributed by atoms with E-state index >= 15 is 0 Å². The van der Waals surface area contributed by atoms with Crippen molar-refractivity contribution in [2.45, 2.75) is 6.92 Å². The van der Waals surface area contributed by atoms with E-state index in [2.05, 4.69) is 30.5 Å². The van der Waals surface area contributed by atoms with E-state index in [-0.39, 0.29) is 17.4 Å². The fourth-order valence-electron chi connectivity index (χ4n) is 2.56. The summed E-state index contributed by atoms with van der Waals surface area (Å²) in [6.07, 6.45) is 4.50. The topological polar surface area (TPSA) is 123 Å². The fourth-order valence-corrected chi connectivity index (χ4v) is 2.56. The second-order valence-electron chi connectivity index (χ2n) is 5.67. The number of fused-ring (bicyclic) bond motifs is 1. The van der Waals surface area contributed by atoms with Gasteiger partial charge in [0.05, 0.1) is 17.5 Å². The van der Waals surface area contributed by atoms with Gasteiger partial charge in [0.1, 0.15) is 11.2 Å². The van der Waals surface area contributed by atoms with Crippen molar-refractivity contribution in [1.29, 1.82) is 0 Å². The molecule has 0 unspecified atom stereocenters. The first kappa shape index (κ1) is 15.7. The van der Waals surface area contributed by atoms with Gasteiger partial charge in [0.15, 0.2) is 5.65 Å². The first-order valence-corrected chi connectivity index (χ1v) is 7.73. The summed E-state index contributed by atoms with van der Waals surface area (Å²) in [7, 11) is 1.69. The molecule has 0 aromatic carbocycles. The van der Waals surface area contributed by atoms with E-state index in [1.54, 1.807) is 38.4 Å². The molecule has 4 aromatic rings. The van der Waals surface area contributed by atoms with Crippen LogP contribution in [0, 0.1) is 6.92 Å². The summed E-state index contributed by atoms with van der Waals surface area (Å²) in [5.41, 5.74) is 1.14. The Kier molecular flexibility index (Phi) is 3.57. The minimum atomic E-state index is -0.344. The van der Waals surface area contributed by atoms with E-state index < -0.39 is 0 Å². The van der Waals surface area contributed by atoms with Crippen LogP contribution < -0.4 is 10.9 Å². The van der Waals surface area contributed by atoms with Gasteiger partial charge in [0.25, 0.3) is 11.5 Å². The van der Waals surface area contributed by atoms with Crippen LogP contribution in [0.25, 0.3) is 17.0 Å². The minimum Gasteiger partial charge on any atom is -0.306 e. The van der Waals surface area contributed by atoms with Gasteiger partial charge in [-0.2, -0.15) is 19.9 Å². The van der Waals surface area contributed by atoms with Crippen molar-refractivity contribution in [2.24, 2.45) is 7.05 Å². The zero-order chi connectivity index (χ0) is 18.3. The maximum Gasteiger partial charge on any atom is 0.263 e. The van der Waals surface area contributed by atoms with Crippen molar-refractivity contribution < 1.29 is 4.79 Å². The number of aromatic amines is 1. The van der Waals surface area contributed by atoms with Crippen molar-refractivity contribution in [2.75, 3.05) is 5.32 Å². The van der Waals surface area contributed by atoms with Gasteiger partial charge in [-0.3, -0.25) is 24.2 Å². The molecule has 0 saturated heterocycles. The predicted octanol–water partition coefficient (Wildman–Crippen LogP) is 0.798. The summed E-state index contributed by atoms with van der Waals surface area (Å²) in [6.45, 7) is 1.77. The molecule has 10 heteroatoms. The van der Waals surface area contributed by atoms with Gasteiger partial charge in [0.2, 0.25) is 5.95 Å². The molecule has 4 aromatic heterocycles. The Bertz CT molecular complexity index is 1170.